The number of rotatable bonds is 4. The maximum atomic E-state index is 12.5. The number of carbonyl (C=O) groups is 1. The summed E-state index contributed by atoms with van der Waals surface area (Å²) in [5, 5.41) is 0. The highest BCUT2D eigenvalue weighted by Gasteiger charge is 2.26. The maximum Gasteiger partial charge on any atom is 0.223 e. The second-order valence-electron chi connectivity index (χ2n) is 6.12. The molecular weight excluding hydrogens is 332 g/mol. The van der Waals surface area contributed by atoms with Crippen LogP contribution in [0.4, 0.5) is 0 Å². The van der Waals surface area contributed by atoms with Gasteiger partial charge in [0.15, 0.2) is 21.3 Å². The van der Waals surface area contributed by atoms with E-state index in [0.717, 1.165) is 12.8 Å². The Kier molecular flexibility index (Phi) is 4.96. The Morgan fingerprint density at radius 2 is 2.00 bits per heavy atom. The van der Waals surface area contributed by atoms with Gasteiger partial charge in [-0.3, -0.25) is 4.79 Å². The number of hydrogen-bond donors (Lipinski definition) is 1. The van der Waals surface area contributed by atoms with Crippen molar-refractivity contribution in [3.63, 3.8) is 0 Å². The van der Waals surface area contributed by atoms with Crippen LogP contribution in [0, 0.1) is 0 Å². The monoisotopic (exact) mass is 354 g/mol. The molecule has 2 aliphatic heterocycles. The molecule has 1 saturated heterocycles. The normalized spacial score (nSPS) is 20.7. The fraction of sp³-hybridized carbons (Fsp3) is 0.562. The van der Waals surface area contributed by atoms with Gasteiger partial charge in [0.05, 0.1) is 23.9 Å². The highest BCUT2D eigenvalue weighted by molar-refractivity contribution is 7.91. The Bertz CT molecular complexity index is 719. The zero-order valence-corrected chi connectivity index (χ0v) is 14.3. The van der Waals surface area contributed by atoms with Crippen molar-refractivity contribution in [1.29, 1.82) is 0 Å². The van der Waals surface area contributed by atoms with Gasteiger partial charge in [0.1, 0.15) is 0 Å². The van der Waals surface area contributed by atoms with Crippen LogP contribution >= 0.6 is 0 Å². The molecule has 3 rings (SSSR count). The summed E-state index contributed by atoms with van der Waals surface area (Å²) < 4.78 is 36.0. The number of carbonyl (C=O) groups excluding carboxylic acids is 1. The Morgan fingerprint density at radius 1 is 1.25 bits per heavy atom. The number of benzene rings is 1. The molecule has 1 aromatic rings. The fourth-order valence-electron chi connectivity index (χ4n) is 2.85. The van der Waals surface area contributed by atoms with Gasteiger partial charge in [-0.15, -0.1) is 0 Å². The Hall–Kier alpha value is -1.80. The van der Waals surface area contributed by atoms with E-state index in [1.54, 1.807) is 11.0 Å². The van der Waals surface area contributed by atoms with E-state index in [1.165, 1.54) is 12.1 Å². The molecule has 132 valence electrons. The molecule has 1 unspecified atom stereocenters. The van der Waals surface area contributed by atoms with Crippen LogP contribution in [-0.4, -0.2) is 57.3 Å². The van der Waals surface area contributed by atoms with E-state index in [-0.39, 0.29) is 29.0 Å². The number of hydrogen-bond acceptors (Lipinski definition) is 6. The third-order valence-electron chi connectivity index (χ3n) is 4.24. The second kappa shape index (κ2) is 6.98. The Balaban J connectivity index is 1.67. The molecule has 0 spiro atoms. The molecule has 2 heterocycles. The van der Waals surface area contributed by atoms with Crippen LogP contribution in [0.15, 0.2) is 23.1 Å². The van der Waals surface area contributed by atoms with Gasteiger partial charge in [-0.25, -0.2) is 8.42 Å². The van der Waals surface area contributed by atoms with Crippen molar-refractivity contribution in [3.05, 3.63) is 18.2 Å². The second-order valence-corrected chi connectivity index (χ2v) is 8.23. The van der Waals surface area contributed by atoms with Gasteiger partial charge in [-0.1, -0.05) is 0 Å². The van der Waals surface area contributed by atoms with Crippen LogP contribution < -0.4 is 15.2 Å². The minimum atomic E-state index is -3.56. The van der Waals surface area contributed by atoms with E-state index in [0.29, 0.717) is 37.8 Å². The van der Waals surface area contributed by atoms with Crippen LogP contribution in [0.25, 0.3) is 0 Å². The molecule has 0 radical (unpaired) electrons. The molecule has 7 nitrogen and oxygen atoms in total. The summed E-state index contributed by atoms with van der Waals surface area (Å²) in [6.07, 6.45) is 1.48. The molecule has 8 heteroatoms. The van der Waals surface area contributed by atoms with Crippen molar-refractivity contribution in [2.75, 3.05) is 32.1 Å². The zero-order valence-electron chi connectivity index (χ0n) is 13.4. The molecule has 0 saturated carbocycles. The first kappa shape index (κ1) is 17.0. The minimum Gasteiger partial charge on any atom is -0.490 e. The average Bonchev–Trinajstić information content (AvgIpc) is 2.86. The van der Waals surface area contributed by atoms with E-state index in [1.807, 2.05) is 0 Å². The molecule has 2 aliphatic rings. The first-order chi connectivity index (χ1) is 11.5. The Labute approximate surface area is 141 Å². The van der Waals surface area contributed by atoms with Crippen LogP contribution in [0.1, 0.15) is 19.3 Å². The quantitative estimate of drug-likeness (QED) is 0.849. The topological polar surface area (TPSA) is 98.9 Å². The summed E-state index contributed by atoms with van der Waals surface area (Å²) in [4.78, 5) is 13.9. The van der Waals surface area contributed by atoms with E-state index in [4.69, 9.17) is 15.2 Å². The predicted octanol–water partition coefficient (Wildman–Crippen LogP) is 0.571. The van der Waals surface area contributed by atoms with E-state index >= 15 is 0 Å². The van der Waals surface area contributed by atoms with Gasteiger partial charge in [-0.05, 0) is 18.6 Å². The van der Waals surface area contributed by atoms with Crippen molar-refractivity contribution >= 4 is 15.7 Å². The first-order valence-corrected chi connectivity index (χ1v) is 9.77. The molecule has 1 amide bonds. The van der Waals surface area contributed by atoms with Crippen molar-refractivity contribution in [2.24, 2.45) is 5.73 Å². The minimum absolute atomic E-state index is 0.00714. The number of sulfone groups is 1. The lowest BCUT2D eigenvalue weighted by molar-refractivity contribution is -0.129. The van der Waals surface area contributed by atoms with Gasteiger partial charge in [-0.2, -0.15) is 0 Å². The van der Waals surface area contributed by atoms with E-state index in [2.05, 4.69) is 0 Å². The van der Waals surface area contributed by atoms with E-state index in [9.17, 15) is 13.2 Å². The highest BCUT2D eigenvalue weighted by Crippen LogP contribution is 2.32. The summed E-state index contributed by atoms with van der Waals surface area (Å²) in [5.74, 6) is 0.594. The van der Waals surface area contributed by atoms with Gasteiger partial charge < -0.3 is 20.1 Å². The lowest BCUT2D eigenvalue weighted by Gasteiger charge is -2.16. The number of nitrogens with zero attached hydrogens (tertiary/aromatic N) is 1. The number of ether oxygens (including phenoxy) is 2. The van der Waals surface area contributed by atoms with Crippen molar-refractivity contribution in [3.8, 4) is 11.5 Å². The molecule has 0 aromatic heterocycles. The lowest BCUT2D eigenvalue weighted by atomic mass is 10.3. The van der Waals surface area contributed by atoms with Gasteiger partial charge >= 0.3 is 0 Å². The summed E-state index contributed by atoms with van der Waals surface area (Å²) >= 11 is 0. The molecule has 24 heavy (non-hydrogen) atoms. The zero-order chi connectivity index (χ0) is 17.2. The number of fused-ring (bicyclic) bond motifs is 1. The summed E-state index contributed by atoms with van der Waals surface area (Å²) in [6, 6.07) is 4.58. The first-order valence-electron chi connectivity index (χ1n) is 8.11. The third kappa shape index (κ3) is 3.81. The van der Waals surface area contributed by atoms with Crippen molar-refractivity contribution in [2.45, 2.75) is 30.2 Å². The van der Waals surface area contributed by atoms with Crippen LogP contribution in [0.2, 0.25) is 0 Å². The van der Waals surface area contributed by atoms with Crippen LogP contribution in [0.5, 0.6) is 11.5 Å². The summed E-state index contributed by atoms with van der Waals surface area (Å²) in [7, 11) is -3.56. The molecular formula is C16H22N2O5S. The van der Waals surface area contributed by atoms with Crippen molar-refractivity contribution < 1.29 is 22.7 Å². The highest BCUT2D eigenvalue weighted by atomic mass is 32.2. The van der Waals surface area contributed by atoms with Crippen LogP contribution in [0.3, 0.4) is 0 Å². The Morgan fingerprint density at radius 3 is 2.71 bits per heavy atom. The SMILES string of the molecule is NC1CCN(C(=O)CCS(=O)(=O)c2ccc3c(c2)OCCCO3)C1. The number of amides is 1. The van der Waals surface area contributed by atoms with Crippen molar-refractivity contribution in [1.82, 2.24) is 4.90 Å². The standard InChI is InChI=1S/C16H22N2O5S/c17-12-4-6-18(11-12)16(19)5-9-24(20,21)13-2-3-14-15(10-13)23-8-1-7-22-14/h2-3,10,12H,1,4-9,11,17H2. The van der Waals surface area contributed by atoms with Gasteiger partial charge in [0.2, 0.25) is 5.91 Å². The summed E-state index contributed by atoms with van der Waals surface area (Å²) in [5.41, 5.74) is 5.78. The number of nitrogens with two attached hydrogens (primary N) is 1. The average molecular weight is 354 g/mol. The largest absolute Gasteiger partial charge is 0.490 e. The molecule has 1 atom stereocenters. The maximum absolute atomic E-state index is 12.5. The molecule has 0 aliphatic carbocycles. The molecule has 1 fully saturated rings. The molecule has 0 bridgehead atoms. The summed E-state index contributed by atoms with van der Waals surface area (Å²) in [6.45, 7) is 2.14. The van der Waals surface area contributed by atoms with Crippen LogP contribution in [-0.2, 0) is 14.6 Å². The van der Waals surface area contributed by atoms with Gasteiger partial charge in [0, 0.05) is 38.0 Å². The predicted molar refractivity (Wildman–Crippen MR) is 87.9 cm³/mol. The smallest absolute Gasteiger partial charge is 0.223 e. The van der Waals surface area contributed by atoms with E-state index < -0.39 is 9.84 Å². The third-order valence-corrected chi connectivity index (χ3v) is 5.95. The molecule has 1 aromatic carbocycles. The number of likely N-dealkylation sites (tertiary alicyclic amines) is 1. The van der Waals surface area contributed by atoms with Gasteiger partial charge in [0.25, 0.3) is 0 Å². The lowest BCUT2D eigenvalue weighted by Crippen LogP contribution is -2.32. The molecule has 2 N–H and O–H groups in total. The fourth-order valence-corrected chi connectivity index (χ4v) is 4.09.